The zero-order valence-corrected chi connectivity index (χ0v) is 11.9. The highest BCUT2D eigenvalue weighted by atomic mass is 32.2. The molecule has 0 aliphatic heterocycles. The van der Waals surface area contributed by atoms with Gasteiger partial charge in [0.05, 0.1) is 5.75 Å². The van der Waals surface area contributed by atoms with Crippen molar-refractivity contribution < 1.29 is 13.6 Å². The average molecular weight is 308 g/mol. The van der Waals surface area contributed by atoms with Gasteiger partial charge < -0.3 is 11.1 Å². The van der Waals surface area contributed by atoms with E-state index in [0.29, 0.717) is 5.56 Å². The maximum absolute atomic E-state index is 13.6. The summed E-state index contributed by atoms with van der Waals surface area (Å²) in [4.78, 5) is 11.7. The van der Waals surface area contributed by atoms with Crippen LogP contribution in [0.4, 0.5) is 14.5 Å². The monoisotopic (exact) mass is 308 g/mol. The van der Waals surface area contributed by atoms with Crippen molar-refractivity contribution in [3.63, 3.8) is 0 Å². The number of nitrogens with one attached hydrogen (secondary N) is 1. The minimum Gasteiger partial charge on any atom is -0.380 e. The first-order valence-corrected chi connectivity index (χ1v) is 7.23. The molecule has 0 fully saturated rings. The van der Waals surface area contributed by atoms with Crippen molar-refractivity contribution in [1.29, 1.82) is 0 Å². The summed E-state index contributed by atoms with van der Waals surface area (Å²) in [5.74, 6) is -1.43. The van der Waals surface area contributed by atoms with E-state index >= 15 is 0 Å². The topological polar surface area (TPSA) is 55.1 Å². The minimum atomic E-state index is -0.603. The molecule has 1 amide bonds. The maximum atomic E-state index is 13.6. The van der Waals surface area contributed by atoms with E-state index in [9.17, 15) is 13.6 Å². The zero-order chi connectivity index (χ0) is 15.2. The molecule has 0 saturated heterocycles. The molecule has 2 aromatic carbocycles. The van der Waals surface area contributed by atoms with Crippen LogP contribution in [-0.4, -0.2) is 11.7 Å². The van der Waals surface area contributed by atoms with Gasteiger partial charge in [-0.2, -0.15) is 0 Å². The molecule has 6 heteroatoms. The lowest BCUT2D eigenvalue weighted by Gasteiger charge is -2.11. The zero-order valence-electron chi connectivity index (χ0n) is 11.1. The smallest absolute Gasteiger partial charge is 0.227 e. The Labute approximate surface area is 125 Å². The van der Waals surface area contributed by atoms with Gasteiger partial charge in [0.1, 0.15) is 11.6 Å². The average Bonchev–Trinajstić information content (AvgIpc) is 2.45. The molecule has 21 heavy (non-hydrogen) atoms. The maximum Gasteiger partial charge on any atom is 0.227 e. The van der Waals surface area contributed by atoms with Gasteiger partial charge in [-0.25, -0.2) is 8.78 Å². The molecule has 0 saturated carbocycles. The van der Waals surface area contributed by atoms with Crippen LogP contribution < -0.4 is 11.1 Å². The molecule has 3 N–H and O–H groups in total. The van der Waals surface area contributed by atoms with Crippen molar-refractivity contribution in [1.82, 2.24) is 0 Å². The first kappa shape index (κ1) is 15.3. The van der Waals surface area contributed by atoms with Crippen molar-refractivity contribution in [3.8, 4) is 0 Å². The van der Waals surface area contributed by atoms with Crippen molar-refractivity contribution in [2.45, 2.75) is 11.4 Å². The number of hydrogen-bond donors (Lipinski definition) is 2. The Bertz CT molecular complexity index is 649. The van der Waals surface area contributed by atoms with Gasteiger partial charge in [-0.3, -0.25) is 4.79 Å². The fourth-order valence-electron chi connectivity index (χ4n) is 1.74. The summed E-state index contributed by atoms with van der Waals surface area (Å²) in [7, 11) is 0. The highest BCUT2D eigenvalue weighted by molar-refractivity contribution is 8.00. The lowest BCUT2D eigenvalue weighted by molar-refractivity contribution is -0.115. The van der Waals surface area contributed by atoms with E-state index in [1.807, 2.05) is 24.3 Å². The van der Waals surface area contributed by atoms with Gasteiger partial charge in [-0.1, -0.05) is 18.2 Å². The first-order chi connectivity index (χ1) is 10.1. The number of primary amides is 1. The van der Waals surface area contributed by atoms with Gasteiger partial charge >= 0.3 is 0 Å². The molecular formula is C15H14F2N2OS. The van der Waals surface area contributed by atoms with Gasteiger partial charge in [0.15, 0.2) is 0 Å². The first-order valence-electron chi connectivity index (χ1n) is 6.24. The number of amides is 1. The summed E-state index contributed by atoms with van der Waals surface area (Å²) in [6.45, 7) is 0.222. The lowest BCUT2D eigenvalue weighted by Crippen LogP contribution is -2.13. The number of anilines is 1. The molecule has 0 atom stereocenters. The van der Waals surface area contributed by atoms with Crippen LogP contribution in [-0.2, 0) is 11.3 Å². The molecule has 0 aliphatic rings. The second-order valence-corrected chi connectivity index (χ2v) is 5.36. The number of halogens is 2. The molecule has 0 aliphatic carbocycles. The Kier molecular flexibility index (Phi) is 5.16. The third-order valence-corrected chi connectivity index (χ3v) is 3.84. The number of carbonyl (C=O) groups excluding carboxylic acids is 1. The standard InChI is InChI=1S/C15H14F2N2OS/c16-11-6-5-10(12(17)7-11)8-19-13-3-1-2-4-14(13)21-9-15(18)20/h1-7,19H,8-9H2,(H2,18,20). The van der Waals surface area contributed by atoms with E-state index in [4.69, 9.17) is 5.73 Å². The number of para-hydroxylation sites is 1. The molecule has 2 aromatic rings. The van der Waals surface area contributed by atoms with Gasteiger partial charge in [-0.05, 0) is 18.2 Å². The number of thioether (sulfide) groups is 1. The number of hydrogen-bond acceptors (Lipinski definition) is 3. The number of carbonyl (C=O) groups is 1. The molecule has 0 heterocycles. The predicted octanol–water partition coefficient (Wildman–Crippen LogP) is 3.15. The largest absolute Gasteiger partial charge is 0.380 e. The molecule has 0 aromatic heterocycles. The molecule has 110 valence electrons. The van der Waals surface area contributed by atoms with Crippen molar-refractivity contribution in [2.24, 2.45) is 5.73 Å². The van der Waals surface area contributed by atoms with Crippen LogP contribution in [0.3, 0.4) is 0 Å². The summed E-state index contributed by atoms with van der Waals surface area (Å²) in [5, 5.41) is 3.08. The van der Waals surface area contributed by atoms with Crippen LogP contribution in [0, 0.1) is 11.6 Å². The van der Waals surface area contributed by atoms with E-state index in [2.05, 4.69) is 5.32 Å². The van der Waals surface area contributed by atoms with E-state index in [-0.39, 0.29) is 12.3 Å². The Morgan fingerprint density at radius 1 is 1.19 bits per heavy atom. The Balaban J connectivity index is 2.07. The van der Waals surface area contributed by atoms with E-state index in [1.165, 1.54) is 23.9 Å². The van der Waals surface area contributed by atoms with Crippen molar-refractivity contribution in [2.75, 3.05) is 11.1 Å². The molecular weight excluding hydrogens is 294 g/mol. The molecule has 0 radical (unpaired) electrons. The summed E-state index contributed by atoms with van der Waals surface area (Å²) in [6, 6.07) is 10.8. The second-order valence-electron chi connectivity index (χ2n) is 4.34. The quantitative estimate of drug-likeness (QED) is 0.806. The van der Waals surface area contributed by atoms with Gasteiger partial charge in [0.25, 0.3) is 0 Å². The Morgan fingerprint density at radius 3 is 2.67 bits per heavy atom. The third-order valence-electron chi connectivity index (χ3n) is 2.74. The molecule has 0 spiro atoms. The highest BCUT2D eigenvalue weighted by Crippen LogP contribution is 2.27. The van der Waals surface area contributed by atoms with Crippen LogP contribution in [0.15, 0.2) is 47.4 Å². The summed E-state index contributed by atoms with van der Waals surface area (Å²) >= 11 is 1.31. The molecule has 0 unspecified atom stereocenters. The fraction of sp³-hybridized carbons (Fsp3) is 0.133. The van der Waals surface area contributed by atoms with E-state index in [0.717, 1.165) is 16.6 Å². The third kappa shape index (κ3) is 4.46. The van der Waals surface area contributed by atoms with Gasteiger partial charge in [0.2, 0.25) is 5.91 Å². The summed E-state index contributed by atoms with van der Waals surface area (Å²) in [5.41, 5.74) is 6.26. The van der Waals surface area contributed by atoms with Crippen LogP contribution in [0.5, 0.6) is 0 Å². The van der Waals surface area contributed by atoms with Crippen LogP contribution >= 0.6 is 11.8 Å². The molecule has 2 rings (SSSR count). The Morgan fingerprint density at radius 2 is 1.95 bits per heavy atom. The highest BCUT2D eigenvalue weighted by Gasteiger charge is 2.07. The normalized spacial score (nSPS) is 10.4. The van der Waals surface area contributed by atoms with Crippen LogP contribution in [0.2, 0.25) is 0 Å². The predicted molar refractivity (Wildman–Crippen MR) is 80.0 cm³/mol. The van der Waals surface area contributed by atoms with Gasteiger partial charge in [0, 0.05) is 28.8 Å². The number of nitrogens with two attached hydrogens (primary N) is 1. The fourth-order valence-corrected chi connectivity index (χ4v) is 2.51. The van der Waals surface area contributed by atoms with Crippen molar-refractivity contribution in [3.05, 3.63) is 59.7 Å². The number of rotatable bonds is 6. The van der Waals surface area contributed by atoms with Crippen LogP contribution in [0.25, 0.3) is 0 Å². The Hall–Kier alpha value is -2.08. The van der Waals surface area contributed by atoms with Gasteiger partial charge in [-0.15, -0.1) is 11.8 Å². The van der Waals surface area contributed by atoms with Crippen LogP contribution in [0.1, 0.15) is 5.56 Å². The lowest BCUT2D eigenvalue weighted by atomic mass is 10.2. The molecule has 0 bridgehead atoms. The van der Waals surface area contributed by atoms with E-state index < -0.39 is 17.5 Å². The van der Waals surface area contributed by atoms with E-state index in [1.54, 1.807) is 0 Å². The SMILES string of the molecule is NC(=O)CSc1ccccc1NCc1ccc(F)cc1F. The minimum absolute atomic E-state index is 0.170. The summed E-state index contributed by atoms with van der Waals surface area (Å²) < 4.78 is 26.4. The molecule has 3 nitrogen and oxygen atoms in total. The number of benzene rings is 2. The van der Waals surface area contributed by atoms with Crippen molar-refractivity contribution >= 4 is 23.4 Å². The second kappa shape index (κ2) is 7.08. The summed E-state index contributed by atoms with van der Waals surface area (Å²) in [6.07, 6.45) is 0.